The highest BCUT2D eigenvalue weighted by Crippen LogP contribution is 2.33. The lowest BCUT2D eigenvalue weighted by molar-refractivity contribution is -0.149. The average Bonchev–Trinajstić information content (AvgIpc) is 3.32. The molecule has 3 aliphatic heterocycles. The van der Waals surface area contributed by atoms with Crippen molar-refractivity contribution in [2.24, 2.45) is 0 Å². The fourth-order valence-electron chi connectivity index (χ4n) is 4.24. The molecule has 10 nitrogen and oxygen atoms in total. The lowest BCUT2D eigenvalue weighted by Crippen LogP contribution is -2.52. The molecule has 1 unspecified atom stereocenters. The zero-order valence-corrected chi connectivity index (χ0v) is 16.1. The van der Waals surface area contributed by atoms with Gasteiger partial charge in [0.1, 0.15) is 17.8 Å². The minimum Gasteiger partial charge on any atom is -0.483 e. The van der Waals surface area contributed by atoms with E-state index in [2.05, 4.69) is 5.32 Å². The summed E-state index contributed by atoms with van der Waals surface area (Å²) >= 11 is 0. The topological polar surface area (TPSA) is 133 Å². The number of fused-ring (bicyclic) bond motifs is 1. The summed E-state index contributed by atoms with van der Waals surface area (Å²) < 4.78 is 5.66. The summed E-state index contributed by atoms with van der Waals surface area (Å²) in [7, 11) is 0. The fourth-order valence-corrected chi connectivity index (χ4v) is 4.24. The van der Waals surface area contributed by atoms with Crippen molar-refractivity contribution in [1.29, 1.82) is 0 Å². The molecule has 1 aromatic carbocycles. The summed E-state index contributed by atoms with van der Waals surface area (Å²) in [6.45, 7) is 0.160. The van der Waals surface area contributed by atoms with Gasteiger partial charge in [0.05, 0.1) is 6.54 Å². The van der Waals surface area contributed by atoms with Crippen molar-refractivity contribution in [3.63, 3.8) is 0 Å². The number of nitrogens with zero attached hydrogens (tertiary/aromatic N) is 2. The Kier molecular flexibility index (Phi) is 5.15. The van der Waals surface area contributed by atoms with Crippen LogP contribution in [0.4, 0.5) is 0 Å². The average molecular weight is 415 g/mol. The van der Waals surface area contributed by atoms with Gasteiger partial charge in [-0.2, -0.15) is 0 Å². The highest BCUT2D eigenvalue weighted by atomic mass is 16.5. The van der Waals surface area contributed by atoms with E-state index in [0.29, 0.717) is 36.3 Å². The fraction of sp³-hybridized carbons (Fsp3) is 0.450. The molecule has 2 atom stereocenters. The maximum atomic E-state index is 12.8. The van der Waals surface area contributed by atoms with Gasteiger partial charge in [-0.15, -0.1) is 0 Å². The Labute approximate surface area is 171 Å². The van der Waals surface area contributed by atoms with E-state index in [1.165, 1.54) is 9.80 Å². The van der Waals surface area contributed by atoms with Gasteiger partial charge in [0.2, 0.25) is 11.8 Å². The van der Waals surface area contributed by atoms with Crippen molar-refractivity contribution < 1.29 is 33.8 Å². The molecule has 0 aromatic heterocycles. The molecule has 4 rings (SSSR count). The minimum absolute atomic E-state index is 0.131. The first-order chi connectivity index (χ1) is 14.4. The van der Waals surface area contributed by atoms with Crippen LogP contribution in [0.1, 0.15) is 41.6 Å². The number of rotatable bonds is 5. The van der Waals surface area contributed by atoms with Gasteiger partial charge in [0.25, 0.3) is 11.8 Å². The first kappa shape index (κ1) is 19.9. The van der Waals surface area contributed by atoms with Gasteiger partial charge < -0.3 is 19.6 Å². The maximum Gasteiger partial charge on any atom is 0.326 e. The molecule has 3 aliphatic rings. The van der Waals surface area contributed by atoms with Gasteiger partial charge >= 0.3 is 5.97 Å². The van der Waals surface area contributed by atoms with E-state index >= 15 is 0 Å². The third kappa shape index (κ3) is 3.49. The number of carbonyl (C=O) groups is 5. The number of nitrogens with one attached hydrogen (secondary N) is 1. The van der Waals surface area contributed by atoms with Crippen LogP contribution in [0.25, 0.3) is 0 Å². The first-order valence-electron chi connectivity index (χ1n) is 9.78. The van der Waals surface area contributed by atoms with Crippen LogP contribution in [0.15, 0.2) is 18.2 Å². The molecule has 0 bridgehead atoms. The number of likely N-dealkylation sites (tertiary alicyclic amines) is 1. The molecule has 2 N–H and O–H groups in total. The number of piperidine rings is 1. The van der Waals surface area contributed by atoms with Crippen LogP contribution in [0.5, 0.6) is 5.75 Å². The molecular weight excluding hydrogens is 394 g/mol. The molecule has 0 aliphatic carbocycles. The largest absolute Gasteiger partial charge is 0.483 e. The van der Waals surface area contributed by atoms with Crippen LogP contribution < -0.4 is 10.1 Å². The van der Waals surface area contributed by atoms with Gasteiger partial charge in [-0.1, -0.05) is 6.07 Å². The van der Waals surface area contributed by atoms with Crippen molar-refractivity contribution in [3.8, 4) is 5.75 Å². The van der Waals surface area contributed by atoms with E-state index < -0.39 is 29.9 Å². The number of carbonyl (C=O) groups excluding carboxylic acids is 4. The number of carboxylic acids is 1. The Morgan fingerprint density at radius 3 is 2.73 bits per heavy atom. The molecular formula is C20H21N3O7. The van der Waals surface area contributed by atoms with Crippen molar-refractivity contribution >= 4 is 29.6 Å². The van der Waals surface area contributed by atoms with E-state index in [0.717, 1.165) is 0 Å². The lowest BCUT2D eigenvalue weighted by Gasteiger charge is -2.29. The molecule has 30 heavy (non-hydrogen) atoms. The summed E-state index contributed by atoms with van der Waals surface area (Å²) in [5.74, 6) is -2.31. The van der Waals surface area contributed by atoms with Crippen molar-refractivity contribution in [1.82, 2.24) is 15.1 Å². The standard InChI is InChI=1S/C20H21N3O7/c24-16-7-6-13(18(26)21-16)23-9-12-11(19(23)27)3-1-5-15(12)30-10-17(25)22-8-2-4-14(22)20(28)29/h1,3,5,13-14H,2,4,6-10H2,(H,28,29)(H,21,24,26)/t13?,14-/m0/s1. The molecule has 2 fully saturated rings. The molecule has 1 aromatic rings. The van der Waals surface area contributed by atoms with Crippen molar-refractivity contribution in [2.75, 3.05) is 13.2 Å². The third-order valence-corrected chi connectivity index (χ3v) is 5.75. The number of carboxylic acid groups (broad SMARTS) is 1. The number of hydrogen-bond acceptors (Lipinski definition) is 6. The second-order valence-corrected chi connectivity index (χ2v) is 7.55. The SMILES string of the molecule is O=C1CCC(N2Cc3c(OCC(=O)N4CCC[C@H]4C(=O)O)cccc3C2=O)C(=O)N1. The van der Waals surface area contributed by atoms with E-state index in [1.807, 2.05) is 0 Å². The molecule has 0 radical (unpaired) electrons. The Morgan fingerprint density at radius 2 is 2.00 bits per heavy atom. The van der Waals surface area contributed by atoms with E-state index in [1.54, 1.807) is 18.2 Å². The maximum absolute atomic E-state index is 12.8. The van der Waals surface area contributed by atoms with Gasteiger partial charge in [-0.05, 0) is 31.4 Å². The van der Waals surface area contributed by atoms with Crippen LogP contribution >= 0.6 is 0 Å². The number of aliphatic carboxylic acids is 1. The summed E-state index contributed by atoms with van der Waals surface area (Å²) in [5.41, 5.74) is 0.949. The Hall–Kier alpha value is -3.43. The predicted octanol–water partition coefficient (Wildman–Crippen LogP) is -0.0980. The highest BCUT2D eigenvalue weighted by Gasteiger charge is 2.40. The van der Waals surface area contributed by atoms with E-state index in [-0.39, 0.29) is 37.8 Å². The molecule has 0 saturated carbocycles. The van der Waals surface area contributed by atoms with Crippen LogP contribution in [0.2, 0.25) is 0 Å². The number of benzene rings is 1. The summed E-state index contributed by atoms with van der Waals surface area (Å²) in [5, 5.41) is 11.5. The second-order valence-electron chi connectivity index (χ2n) is 7.55. The number of amides is 4. The monoisotopic (exact) mass is 415 g/mol. The van der Waals surface area contributed by atoms with E-state index in [9.17, 15) is 29.1 Å². The van der Waals surface area contributed by atoms with Crippen molar-refractivity contribution in [3.05, 3.63) is 29.3 Å². The molecule has 3 heterocycles. The molecule has 4 amide bonds. The van der Waals surface area contributed by atoms with E-state index in [4.69, 9.17) is 4.74 Å². The van der Waals surface area contributed by atoms with Crippen LogP contribution in [-0.4, -0.2) is 69.7 Å². The highest BCUT2D eigenvalue weighted by molar-refractivity contribution is 6.05. The van der Waals surface area contributed by atoms with Gasteiger partial charge in [0.15, 0.2) is 6.61 Å². The van der Waals surface area contributed by atoms with Crippen LogP contribution in [0.3, 0.4) is 0 Å². The lowest BCUT2D eigenvalue weighted by atomic mass is 10.0. The minimum atomic E-state index is -1.04. The number of hydrogen-bond donors (Lipinski definition) is 2. The summed E-state index contributed by atoms with van der Waals surface area (Å²) in [6, 6.07) is 3.30. The van der Waals surface area contributed by atoms with Crippen LogP contribution in [-0.2, 0) is 25.7 Å². The Balaban J connectivity index is 1.46. The molecule has 158 valence electrons. The quantitative estimate of drug-likeness (QED) is 0.642. The van der Waals surface area contributed by atoms with Gasteiger partial charge in [-0.3, -0.25) is 24.5 Å². The number of imide groups is 1. The number of ether oxygens (including phenoxy) is 1. The molecule has 2 saturated heterocycles. The Bertz CT molecular complexity index is 944. The van der Waals surface area contributed by atoms with Crippen LogP contribution in [0, 0.1) is 0 Å². The smallest absolute Gasteiger partial charge is 0.326 e. The normalized spacial score (nSPS) is 23.4. The molecule has 0 spiro atoms. The predicted molar refractivity (Wildman–Crippen MR) is 100 cm³/mol. The zero-order valence-electron chi connectivity index (χ0n) is 16.1. The third-order valence-electron chi connectivity index (χ3n) is 5.75. The summed E-state index contributed by atoms with van der Waals surface area (Å²) in [6.07, 6.45) is 1.45. The summed E-state index contributed by atoms with van der Waals surface area (Å²) in [4.78, 5) is 62.8. The van der Waals surface area contributed by atoms with Gasteiger partial charge in [0, 0.05) is 24.1 Å². The van der Waals surface area contributed by atoms with Gasteiger partial charge in [-0.25, -0.2) is 4.79 Å². The molecule has 10 heteroatoms. The van der Waals surface area contributed by atoms with Crippen molar-refractivity contribution in [2.45, 2.75) is 44.3 Å². The second kappa shape index (κ2) is 7.77. The Morgan fingerprint density at radius 1 is 1.20 bits per heavy atom. The first-order valence-corrected chi connectivity index (χ1v) is 9.78. The zero-order chi connectivity index (χ0) is 21.4.